The molecule has 5 rings (SSSR count). The van der Waals surface area contributed by atoms with Crippen LogP contribution in [0.5, 0.6) is 0 Å². The molecule has 0 heterocycles. The Labute approximate surface area is 228 Å². The van der Waals surface area contributed by atoms with E-state index < -0.39 is 14.0 Å². The average Bonchev–Trinajstić information content (AvgIpc) is 2.99. The van der Waals surface area contributed by atoms with Crippen molar-refractivity contribution in [1.82, 2.24) is 4.90 Å². The Balaban J connectivity index is 1.52. The van der Waals surface area contributed by atoms with Crippen LogP contribution < -0.4 is 15.9 Å². The third-order valence-electron chi connectivity index (χ3n) is 7.01. The van der Waals surface area contributed by atoms with Gasteiger partial charge in [-0.3, -0.25) is 4.90 Å². The van der Waals surface area contributed by atoms with Crippen LogP contribution in [0.25, 0.3) is 0 Å². The number of aliphatic hydroxyl groups is 1. The minimum absolute atomic E-state index is 0.0973. The van der Waals surface area contributed by atoms with Gasteiger partial charge in [0.05, 0.1) is 6.10 Å². The second-order valence-corrected chi connectivity index (χ2v) is 11.8. The first kappa shape index (κ1) is 26.1. The summed E-state index contributed by atoms with van der Waals surface area (Å²) in [5.74, 6) is 0. The average molecular weight is 516 g/mol. The zero-order valence-electron chi connectivity index (χ0n) is 21.8. The van der Waals surface area contributed by atoms with E-state index in [1.165, 1.54) is 27.0 Å². The number of hydrogen-bond acceptors (Lipinski definition) is 2. The highest BCUT2D eigenvalue weighted by Gasteiger charge is 2.28. The van der Waals surface area contributed by atoms with Crippen LogP contribution in [0.15, 0.2) is 146 Å². The Hall–Kier alpha value is -3.55. The fraction of sp³-hybridized carbons (Fsp3) is 0.143. The highest BCUT2D eigenvalue weighted by molar-refractivity contribution is 7.79. The summed E-state index contributed by atoms with van der Waals surface area (Å²) in [7, 11) is -0.818. The lowest BCUT2D eigenvalue weighted by Crippen LogP contribution is -2.38. The molecule has 0 radical (unpaired) electrons. The van der Waals surface area contributed by atoms with E-state index in [-0.39, 0.29) is 6.04 Å². The van der Waals surface area contributed by atoms with E-state index in [0.29, 0.717) is 0 Å². The van der Waals surface area contributed by atoms with Gasteiger partial charge in [-0.15, -0.1) is 0 Å². The van der Waals surface area contributed by atoms with Gasteiger partial charge in [-0.2, -0.15) is 0 Å². The normalized spacial score (nSPS) is 12.9. The van der Waals surface area contributed by atoms with Crippen LogP contribution in [0.2, 0.25) is 0 Å². The predicted molar refractivity (Wildman–Crippen MR) is 162 cm³/mol. The molecule has 0 aromatic heterocycles. The standard InChI is InChI=1S/C35H34NOP/c1-28(36(26-29-16-6-2-7-17-29)27-30-18-8-3-9-19-30)35(37)33-24-14-15-25-34(33)38(31-20-10-4-11-21-31)32-22-12-5-13-23-32/h2-25,28,35,37H,26-27H2,1H3/t28-,35+/m0/s1. The van der Waals surface area contributed by atoms with Crippen molar-refractivity contribution in [2.75, 3.05) is 0 Å². The Kier molecular flexibility index (Phi) is 8.78. The van der Waals surface area contributed by atoms with Gasteiger partial charge in [0.2, 0.25) is 0 Å². The van der Waals surface area contributed by atoms with Crippen molar-refractivity contribution in [2.24, 2.45) is 0 Å². The Morgan fingerprint density at radius 3 is 1.42 bits per heavy atom. The summed E-state index contributed by atoms with van der Waals surface area (Å²) in [5.41, 5.74) is 3.49. The van der Waals surface area contributed by atoms with Crippen molar-refractivity contribution in [1.29, 1.82) is 0 Å². The molecule has 0 fully saturated rings. The van der Waals surface area contributed by atoms with Crippen molar-refractivity contribution in [3.63, 3.8) is 0 Å². The molecule has 0 aliphatic rings. The number of nitrogens with zero attached hydrogens (tertiary/aromatic N) is 1. The summed E-state index contributed by atoms with van der Waals surface area (Å²) >= 11 is 0. The molecular formula is C35H34NOP. The van der Waals surface area contributed by atoms with E-state index in [4.69, 9.17) is 0 Å². The molecule has 0 amide bonds. The zero-order valence-corrected chi connectivity index (χ0v) is 22.7. The molecule has 2 atom stereocenters. The fourth-order valence-electron chi connectivity index (χ4n) is 4.96. The second kappa shape index (κ2) is 12.8. The second-order valence-electron chi connectivity index (χ2n) is 9.63. The number of benzene rings is 5. The summed E-state index contributed by atoms with van der Waals surface area (Å²) in [6, 6.07) is 50.9. The number of hydrogen-bond donors (Lipinski definition) is 1. The molecule has 38 heavy (non-hydrogen) atoms. The third-order valence-corrected chi connectivity index (χ3v) is 9.53. The quantitative estimate of drug-likeness (QED) is 0.213. The maximum Gasteiger partial charge on any atom is 0.0949 e. The largest absolute Gasteiger partial charge is 0.387 e. The molecule has 0 aliphatic carbocycles. The minimum Gasteiger partial charge on any atom is -0.387 e. The van der Waals surface area contributed by atoms with E-state index in [2.05, 4.69) is 157 Å². The van der Waals surface area contributed by atoms with Gasteiger partial charge < -0.3 is 5.11 Å². The van der Waals surface area contributed by atoms with Gasteiger partial charge in [0.25, 0.3) is 0 Å². The summed E-state index contributed by atoms with van der Waals surface area (Å²) < 4.78 is 0. The van der Waals surface area contributed by atoms with Crippen LogP contribution in [0, 0.1) is 0 Å². The fourth-order valence-corrected chi connectivity index (χ4v) is 7.46. The molecule has 2 nitrogen and oxygen atoms in total. The summed E-state index contributed by atoms with van der Waals surface area (Å²) in [5, 5.41) is 15.8. The van der Waals surface area contributed by atoms with Gasteiger partial charge in [0, 0.05) is 19.1 Å². The lowest BCUT2D eigenvalue weighted by Gasteiger charge is -2.34. The van der Waals surface area contributed by atoms with Crippen molar-refractivity contribution < 1.29 is 5.11 Å². The molecule has 5 aromatic carbocycles. The first-order valence-electron chi connectivity index (χ1n) is 13.2. The van der Waals surface area contributed by atoms with E-state index in [0.717, 1.165) is 18.7 Å². The lowest BCUT2D eigenvalue weighted by molar-refractivity contribution is 0.0490. The number of rotatable bonds is 10. The molecular weight excluding hydrogens is 481 g/mol. The van der Waals surface area contributed by atoms with Gasteiger partial charge in [0.15, 0.2) is 0 Å². The van der Waals surface area contributed by atoms with Crippen molar-refractivity contribution in [3.05, 3.63) is 162 Å². The first-order chi connectivity index (χ1) is 18.7. The van der Waals surface area contributed by atoms with Gasteiger partial charge in [0.1, 0.15) is 0 Å². The Bertz CT molecular complexity index is 1310. The molecule has 0 bridgehead atoms. The van der Waals surface area contributed by atoms with Crippen LogP contribution in [0.1, 0.15) is 29.7 Å². The topological polar surface area (TPSA) is 23.5 Å². The molecule has 0 aliphatic heterocycles. The Morgan fingerprint density at radius 1 is 0.553 bits per heavy atom. The van der Waals surface area contributed by atoms with Crippen LogP contribution in [0.3, 0.4) is 0 Å². The maximum atomic E-state index is 12.0. The SMILES string of the molecule is C[C@@H]([C@@H](O)c1ccccc1P(c1ccccc1)c1ccccc1)N(Cc1ccccc1)Cc1ccccc1. The van der Waals surface area contributed by atoms with Gasteiger partial charge in [-0.05, 0) is 47.4 Å². The van der Waals surface area contributed by atoms with Crippen LogP contribution in [0.4, 0.5) is 0 Å². The summed E-state index contributed by atoms with van der Waals surface area (Å²) in [6.07, 6.45) is -0.643. The van der Waals surface area contributed by atoms with E-state index in [1.807, 2.05) is 0 Å². The summed E-state index contributed by atoms with van der Waals surface area (Å²) in [6.45, 7) is 3.69. The van der Waals surface area contributed by atoms with Crippen LogP contribution >= 0.6 is 7.92 Å². The molecule has 0 unspecified atom stereocenters. The smallest absolute Gasteiger partial charge is 0.0949 e. The van der Waals surface area contributed by atoms with Crippen LogP contribution in [-0.2, 0) is 13.1 Å². The first-order valence-corrected chi connectivity index (χ1v) is 14.5. The number of aliphatic hydroxyl groups excluding tert-OH is 1. The van der Waals surface area contributed by atoms with E-state index in [9.17, 15) is 5.11 Å². The lowest BCUT2D eigenvalue weighted by atomic mass is 10.0. The highest BCUT2D eigenvalue weighted by Crippen LogP contribution is 2.36. The van der Waals surface area contributed by atoms with Gasteiger partial charge in [-0.1, -0.05) is 146 Å². The monoisotopic (exact) mass is 515 g/mol. The molecule has 0 spiro atoms. The van der Waals surface area contributed by atoms with Crippen molar-refractivity contribution >= 4 is 23.8 Å². The van der Waals surface area contributed by atoms with Gasteiger partial charge >= 0.3 is 0 Å². The van der Waals surface area contributed by atoms with Crippen molar-refractivity contribution in [3.8, 4) is 0 Å². The third kappa shape index (κ3) is 6.29. The predicted octanol–water partition coefficient (Wildman–Crippen LogP) is 6.57. The van der Waals surface area contributed by atoms with Crippen molar-refractivity contribution in [2.45, 2.75) is 32.2 Å². The molecule has 0 saturated heterocycles. The van der Waals surface area contributed by atoms with E-state index >= 15 is 0 Å². The molecule has 1 N–H and O–H groups in total. The summed E-state index contributed by atoms with van der Waals surface area (Å²) in [4.78, 5) is 2.39. The highest BCUT2D eigenvalue weighted by atomic mass is 31.1. The molecule has 3 heteroatoms. The molecule has 190 valence electrons. The zero-order chi connectivity index (χ0) is 26.2. The molecule has 0 saturated carbocycles. The van der Waals surface area contributed by atoms with Gasteiger partial charge in [-0.25, -0.2) is 0 Å². The Morgan fingerprint density at radius 2 is 0.947 bits per heavy atom. The van der Waals surface area contributed by atoms with Crippen LogP contribution in [-0.4, -0.2) is 16.0 Å². The molecule has 5 aromatic rings. The maximum absolute atomic E-state index is 12.0. The minimum atomic E-state index is -0.818. The van der Waals surface area contributed by atoms with E-state index in [1.54, 1.807) is 0 Å².